The van der Waals surface area contributed by atoms with Crippen LogP contribution in [0.5, 0.6) is 0 Å². The number of piperidine rings is 1. The molecule has 2 heterocycles. The molecule has 1 N–H and O–H groups in total. The van der Waals surface area contributed by atoms with Crippen LogP contribution in [0.1, 0.15) is 12.8 Å². The largest absolute Gasteiger partial charge is 0.408 e. The fourth-order valence-electron chi connectivity index (χ4n) is 2.36. The van der Waals surface area contributed by atoms with Crippen molar-refractivity contribution in [3.8, 4) is 0 Å². The molecule has 1 aliphatic rings. The fourth-order valence-corrected chi connectivity index (χ4v) is 2.36. The van der Waals surface area contributed by atoms with E-state index < -0.39 is 37.4 Å². The molecule has 23 heavy (non-hydrogen) atoms. The van der Waals surface area contributed by atoms with E-state index in [1.165, 1.54) is 0 Å². The molecule has 0 saturated carbocycles. The van der Waals surface area contributed by atoms with Gasteiger partial charge in [-0.15, -0.1) is 0 Å². The number of carbonyl (C=O) groups is 1. The van der Waals surface area contributed by atoms with Crippen molar-refractivity contribution in [3.63, 3.8) is 0 Å². The predicted octanol–water partition coefficient (Wildman–Crippen LogP) is 2.41. The first-order valence-electron chi connectivity index (χ1n) is 6.75. The third-order valence-electron chi connectivity index (χ3n) is 3.22. The van der Waals surface area contributed by atoms with Crippen molar-refractivity contribution in [1.82, 2.24) is 14.7 Å². The van der Waals surface area contributed by atoms with Gasteiger partial charge in [-0.25, -0.2) is 0 Å². The van der Waals surface area contributed by atoms with Crippen molar-refractivity contribution in [2.24, 2.45) is 0 Å². The molecule has 1 fully saturated rings. The van der Waals surface area contributed by atoms with Crippen molar-refractivity contribution in [2.45, 2.75) is 37.8 Å². The molecule has 1 atom stereocenters. The SMILES string of the molecule is O=C1[C@H](Nc2cnn(CC(F)(F)F)c2)CCCN1CC(F)(F)F. The van der Waals surface area contributed by atoms with Crippen LogP contribution >= 0.6 is 0 Å². The molecule has 130 valence electrons. The van der Waals surface area contributed by atoms with Gasteiger partial charge in [-0.3, -0.25) is 9.48 Å². The number of alkyl halides is 6. The van der Waals surface area contributed by atoms with Crippen molar-refractivity contribution in [2.75, 3.05) is 18.4 Å². The summed E-state index contributed by atoms with van der Waals surface area (Å²) < 4.78 is 74.5. The van der Waals surface area contributed by atoms with Gasteiger partial charge in [0.1, 0.15) is 19.1 Å². The Labute approximate surface area is 127 Å². The summed E-state index contributed by atoms with van der Waals surface area (Å²) in [5, 5.41) is 6.14. The van der Waals surface area contributed by atoms with Gasteiger partial charge in [-0.1, -0.05) is 0 Å². The second-order valence-corrected chi connectivity index (χ2v) is 5.26. The Morgan fingerprint density at radius 1 is 1.17 bits per heavy atom. The topological polar surface area (TPSA) is 50.2 Å². The number of amides is 1. The average molecular weight is 344 g/mol. The maximum Gasteiger partial charge on any atom is 0.408 e. The minimum Gasteiger partial charge on any atom is -0.371 e. The van der Waals surface area contributed by atoms with E-state index in [0.29, 0.717) is 22.4 Å². The van der Waals surface area contributed by atoms with Crippen molar-refractivity contribution < 1.29 is 31.1 Å². The van der Waals surface area contributed by atoms with Gasteiger partial charge in [-0.05, 0) is 12.8 Å². The van der Waals surface area contributed by atoms with Crippen LogP contribution in [0.25, 0.3) is 0 Å². The number of carbonyl (C=O) groups excluding carboxylic acids is 1. The highest BCUT2D eigenvalue weighted by Crippen LogP contribution is 2.23. The maximum absolute atomic E-state index is 12.4. The van der Waals surface area contributed by atoms with E-state index in [1.807, 2.05) is 0 Å². The number of nitrogens with zero attached hydrogens (tertiary/aromatic N) is 3. The van der Waals surface area contributed by atoms with Gasteiger partial charge < -0.3 is 10.2 Å². The fraction of sp³-hybridized carbons (Fsp3) is 0.667. The lowest BCUT2D eigenvalue weighted by Gasteiger charge is -2.33. The van der Waals surface area contributed by atoms with Crippen LogP contribution in [-0.4, -0.2) is 52.1 Å². The minimum absolute atomic E-state index is 0.00383. The highest BCUT2D eigenvalue weighted by Gasteiger charge is 2.37. The standard InChI is InChI=1S/C12H14F6N4O/c13-11(14,15)6-21-3-1-2-9(10(21)23)20-8-4-19-22(5-8)7-12(16,17)18/h4-5,9,20H,1-3,6-7H2/t9-/m1/s1. The summed E-state index contributed by atoms with van der Waals surface area (Å²) in [5.74, 6) is -0.725. The zero-order chi connectivity index (χ0) is 17.3. The Hall–Kier alpha value is -1.94. The Balaban J connectivity index is 1.98. The first kappa shape index (κ1) is 17.4. The number of likely N-dealkylation sites (tertiary alicyclic amines) is 1. The van der Waals surface area contributed by atoms with Crippen LogP contribution in [0, 0.1) is 0 Å². The highest BCUT2D eigenvalue weighted by atomic mass is 19.4. The van der Waals surface area contributed by atoms with Gasteiger partial charge in [0.2, 0.25) is 5.91 Å². The molecule has 0 aromatic carbocycles. The number of hydrogen-bond acceptors (Lipinski definition) is 3. The molecular formula is C12H14F6N4O. The second-order valence-electron chi connectivity index (χ2n) is 5.26. The Morgan fingerprint density at radius 3 is 2.43 bits per heavy atom. The molecule has 1 aromatic heterocycles. The quantitative estimate of drug-likeness (QED) is 0.854. The third-order valence-corrected chi connectivity index (χ3v) is 3.22. The maximum atomic E-state index is 12.4. The minimum atomic E-state index is -4.49. The van der Waals surface area contributed by atoms with E-state index >= 15 is 0 Å². The number of hydrogen-bond donors (Lipinski definition) is 1. The molecule has 1 amide bonds. The molecule has 0 radical (unpaired) electrons. The lowest BCUT2D eigenvalue weighted by molar-refractivity contribution is -0.163. The van der Waals surface area contributed by atoms with Gasteiger partial charge in [0, 0.05) is 12.7 Å². The second kappa shape index (κ2) is 6.28. The summed E-state index contributed by atoms with van der Waals surface area (Å²) >= 11 is 0. The average Bonchev–Trinajstić information content (AvgIpc) is 2.77. The summed E-state index contributed by atoms with van der Waals surface area (Å²) in [6, 6.07) is -0.908. The molecule has 2 rings (SSSR count). The van der Waals surface area contributed by atoms with Gasteiger partial charge in [-0.2, -0.15) is 31.4 Å². The van der Waals surface area contributed by atoms with Crippen molar-refractivity contribution in [3.05, 3.63) is 12.4 Å². The molecule has 0 unspecified atom stereocenters. The van der Waals surface area contributed by atoms with Crippen LogP contribution in [-0.2, 0) is 11.3 Å². The first-order valence-corrected chi connectivity index (χ1v) is 6.75. The zero-order valence-corrected chi connectivity index (χ0v) is 11.8. The monoisotopic (exact) mass is 344 g/mol. The predicted molar refractivity (Wildman–Crippen MR) is 67.6 cm³/mol. The molecule has 0 spiro atoms. The van der Waals surface area contributed by atoms with E-state index in [0.717, 1.165) is 12.4 Å². The van der Waals surface area contributed by atoms with Crippen LogP contribution in [0.15, 0.2) is 12.4 Å². The molecular weight excluding hydrogens is 330 g/mol. The van der Waals surface area contributed by atoms with Crippen LogP contribution in [0.4, 0.5) is 32.0 Å². The van der Waals surface area contributed by atoms with E-state index in [-0.39, 0.29) is 12.2 Å². The molecule has 1 aromatic rings. The van der Waals surface area contributed by atoms with Gasteiger partial charge >= 0.3 is 12.4 Å². The summed E-state index contributed by atoms with van der Waals surface area (Å²) in [7, 11) is 0. The molecule has 5 nitrogen and oxygen atoms in total. The Bertz CT molecular complexity index is 552. The Kier molecular flexibility index (Phi) is 4.76. The smallest absolute Gasteiger partial charge is 0.371 e. The van der Waals surface area contributed by atoms with Crippen LogP contribution in [0.2, 0.25) is 0 Å². The van der Waals surface area contributed by atoms with E-state index in [4.69, 9.17) is 0 Å². The molecule has 0 aliphatic carbocycles. The number of aromatic nitrogens is 2. The van der Waals surface area contributed by atoms with Gasteiger partial charge in [0.05, 0.1) is 11.9 Å². The van der Waals surface area contributed by atoms with Gasteiger partial charge in [0.15, 0.2) is 0 Å². The van der Waals surface area contributed by atoms with Crippen LogP contribution in [0.3, 0.4) is 0 Å². The molecule has 11 heteroatoms. The molecule has 0 bridgehead atoms. The summed E-state index contributed by atoms with van der Waals surface area (Å²) in [5.41, 5.74) is 0.154. The number of rotatable bonds is 4. The van der Waals surface area contributed by atoms with Gasteiger partial charge in [0.25, 0.3) is 0 Å². The summed E-state index contributed by atoms with van der Waals surface area (Å²) in [6.45, 7) is -2.62. The van der Waals surface area contributed by atoms with E-state index in [2.05, 4.69) is 10.4 Å². The summed E-state index contributed by atoms with van der Waals surface area (Å²) in [4.78, 5) is 12.7. The highest BCUT2D eigenvalue weighted by molar-refractivity contribution is 5.85. The van der Waals surface area contributed by atoms with Crippen molar-refractivity contribution >= 4 is 11.6 Å². The zero-order valence-electron chi connectivity index (χ0n) is 11.8. The van der Waals surface area contributed by atoms with Crippen molar-refractivity contribution in [1.29, 1.82) is 0 Å². The lowest BCUT2D eigenvalue weighted by atomic mass is 10.0. The van der Waals surface area contributed by atoms with Crippen LogP contribution < -0.4 is 5.32 Å². The summed E-state index contributed by atoms with van der Waals surface area (Å²) in [6.07, 6.45) is -6.10. The molecule has 1 aliphatic heterocycles. The molecule has 1 saturated heterocycles. The first-order chi connectivity index (χ1) is 10.5. The Morgan fingerprint density at radius 2 is 1.83 bits per heavy atom. The van der Waals surface area contributed by atoms with E-state index in [1.54, 1.807) is 0 Å². The van der Waals surface area contributed by atoms with E-state index in [9.17, 15) is 31.1 Å². The number of anilines is 1. The normalized spacial score (nSPS) is 20.0. The lowest BCUT2D eigenvalue weighted by Crippen LogP contribution is -2.50. The number of halogens is 6. The third kappa shape index (κ3) is 5.32. The number of nitrogens with one attached hydrogen (secondary N) is 1.